The number of hydrogen-bond donors (Lipinski definition) is 0. The number of pyridine rings is 1. The van der Waals surface area contributed by atoms with Crippen LogP contribution in [0.25, 0.3) is 0 Å². The molecule has 0 aliphatic carbocycles. The molecule has 17 heavy (non-hydrogen) atoms. The number of carbonyl (C=O) groups excluding carboxylic acids is 1. The van der Waals surface area contributed by atoms with E-state index in [-0.39, 0.29) is 16.6 Å². The number of hydrogen-bond acceptors (Lipinski definition) is 2. The van der Waals surface area contributed by atoms with Gasteiger partial charge in [-0.1, -0.05) is 18.5 Å². The highest BCUT2D eigenvalue weighted by Gasteiger charge is 2.23. The van der Waals surface area contributed by atoms with Gasteiger partial charge >= 0.3 is 0 Å². The summed E-state index contributed by atoms with van der Waals surface area (Å²) in [4.78, 5) is 17.5. The molecule has 2 rings (SSSR count). The van der Waals surface area contributed by atoms with Crippen LogP contribution in [-0.4, -0.2) is 28.9 Å². The van der Waals surface area contributed by atoms with E-state index >= 15 is 0 Å². The largest absolute Gasteiger partial charge is 0.339 e. The molecule has 1 aliphatic rings. The summed E-state index contributed by atoms with van der Waals surface area (Å²) < 4.78 is 13.0. The molecule has 3 nitrogen and oxygen atoms in total. The summed E-state index contributed by atoms with van der Waals surface area (Å²) in [5, 5.41) is 0.0648. The van der Waals surface area contributed by atoms with Crippen molar-refractivity contribution in [3.63, 3.8) is 0 Å². The molecule has 0 saturated carbocycles. The van der Waals surface area contributed by atoms with E-state index in [1.807, 2.05) is 0 Å². The van der Waals surface area contributed by atoms with Crippen LogP contribution in [0.2, 0.25) is 5.15 Å². The lowest BCUT2D eigenvalue weighted by atomic mass is 9.99. The standard InChI is InChI=1S/C12H14ClFN2O/c1-8-2-4-16(5-3-8)12(17)10-6-9(14)7-15-11(10)13/h6-8H,2-5H2,1H3. The van der Waals surface area contributed by atoms with Crippen molar-refractivity contribution in [1.29, 1.82) is 0 Å². The number of aromatic nitrogens is 1. The van der Waals surface area contributed by atoms with E-state index in [1.54, 1.807) is 4.90 Å². The first-order chi connectivity index (χ1) is 8.08. The number of halogens is 2. The van der Waals surface area contributed by atoms with Crippen LogP contribution in [0.1, 0.15) is 30.1 Å². The van der Waals surface area contributed by atoms with E-state index < -0.39 is 5.82 Å². The first kappa shape index (κ1) is 12.3. The smallest absolute Gasteiger partial charge is 0.257 e. The number of likely N-dealkylation sites (tertiary alicyclic amines) is 1. The maximum Gasteiger partial charge on any atom is 0.257 e. The Hall–Kier alpha value is -1.16. The highest BCUT2D eigenvalue weighted by molar-refractivity contribution is 6.32. The van der Waals surface area contributed by atoms with Crippen LogP contribution in [0.5, 0.6) is 0 Å². The number of amides is 1. The van der Waals surface area contributed by atoms with Crippen LogP contribution in [0.15, 0.2) is 12.3 Å². The highest BCUT2D eigenvalue weighted by atomic mass is 35.5. The van der Waals surface area contributed by atoms with Crippen molar-refractivity contribution in [2.75, 3.05) is 13.1 Å². The number of piperidine rings is 1. The van der Waals surface area contributed by atoms with E-state index in [2.05, 4.69) is 11.9 Å². The molecule has 92 valence electrons. The molecule has 5 heteroatoms. The van der Waals surface area contributed by atoms with Gasteiger partial charge in [-0.25, -0.2) is 9.37 Å². The van der Waals surface area contributed by atoms with Crippen LogP contribution in [0.3, 0.4) is 0 Å². The third-order valence-electron chi connectivity index (χ3n) is 3.11. The van der Waals surface area contributed by atoms with Crippen molar-refractivity contribution in [3.8, 4) is 0 Å². The Morgan fingerprint density at radius 3 is 2.82 bits per heavy atom. The second kappa shape index (κ2) is 5.00. The summed E-state index contributed by atoms with van der Waals surface area (Å²) in [7, 11) is 0. The lowest BCUT2D eigenvalue weighted by Crippen LogP contribution is -2.38. The Kier molecular flexibility index (Phi) is 3.62. The van der Waals surface area contributed by atoms with Gasteiger partial charge in [-0.15, -0.1) is 0 Å². The van der Waals surface area contributed by atoms with Crippen molar-refractivity contribution < 1.29 is 9.18 Å². The average Bonchev–Trinajstić information content (AvgIpc) is 2.32. The quantitative estimate of drug-likeness (QED) is 0.724. The molecular formula is C12H14ClFN2O. The van der Waals surface area contributed by atoms with Gasteiger partial charge < -0.3 is 4.90 Å². The van der Waals surface area contributed by atoms with Crippen molar-refractivity contribution in [1.82, 2.24) is 9.88 Å². The maximum absolute atomic E-state index is 13.0. The molecule has 0 aromatic carbocycles. The Bertz CT molecular complexity index is 431. The molecule has 1 fully saturated rings. The first-order valence-corrected chi connectivity index (χ1v) is 6.06. The molecule has 1 aromatic rings. The Morgan fingerprint density at radius 2 is 2.18 bits per heavy atom. The van der Waals surface area contributed by atoms with E-state index in [9.17, 15) is 9.18 Å². The van der Waals surface area contributed by atoms with Crippen LogP contribution in [0, 0.1) is 11.7 Å². The molecule has 1 saturated heterocycles. The van der Waals surface area contributed by atoms with Crippen molar-refractivity contribution in [2.45, 2.75) is 19.8 Å². The molecule has 1 aliphatic heterocycles. The van der Waals surface area contributed by atoms with Gasteiger partial charge in [0.05, 0.1) is 11.8 Å². The van der Waals surface area contributed by atoms with E-state index in [0.29, 0.717) is 19.0 Å². The summed E-state index contributed by atoms with van der Waals surface area (Å²) in [5.74, 6) is -0.128. The zero-order chi connectivity index (χ0) is 12.4. The number of carbonyl (C=O) groups is 1. The van der Waals surface area contributed by atoms with Gasteiger partial charge in [0.2, 0.25) is 0 Å². The predicted octanol–water partition coefficient (Wildman–Crippen LogP) is 2.75. The molecule has 1 aromatic heterocycles. The van der Waals surface area contributed by atoms with Crippen molar-refractivity contribution in [3.05, 3.63) is 28.8 Å². The highest BCUT2D eigenvalue weighted by Crippen LogP contribution is 2.21. The lowest BCUT2D eigenvalue weighted by molar-refractivity contribution is 0.0696. The van der Waals surface area contributed by atoms with E-state index in [4.69, 9.17) is 11.6 Å². The Labute approximate surface area is 105 Å². The fourth-order valence-electron chi connectivity index (χ4n) is 1.95. The molecule has 0 unspecified atom stereocenters. The number of nitrogens with zero attached hydrogens (tertiary/aromatic N) is 2. The third kappa shape index (κ3) is 2.75. The second-order valence-corrected chi connectivity index (χ2v) is 4.82. The Balaban J connectivity index is 2.16. The molecule has 1 amide bonds. The zero-order valence-electron chi connectivity index (χ0n) is 9.62. The molecule has 0 spiro atoms. The van der Waals surface area contributed by atoms with Crippen LogP contribution in [0.4, 0.5) is 4.39 Å². The van der Waals surface area contributed by atoms with Crippen LogP contribution in [-0.2, 0) is 0 Å². The molecule has 0 atom stereocenters. The normalized spacial score (nSPS) is 17.2. The molecular weight excluding hydrogens is 243 g/mol. The fraction of sp³-hybridized carbons (Fsp3) is 0.500. The second-order valence-electron chi connectivity index (χ2n) is 4.47. The van der Waals surface area contributed by atoms with E-state index in [1.165, 1.54) is 0 Å². The van der Waals surface area contributed by atoms with Crippen LogP contribution >= 0.6 is 11.6 Å². The summed E-state index contributed by atoms with van der Waals surface area (Å²) in [6.45, 7) is 3.57. The maximum atomic E-state index is 13.0. The minimum Gasteiger partial charge on any atom is -0.339 e. The summed E-state index contributed by atoms with van der Waals surface area (Å²) >= 11 is 5.81. The minimum absolute atomic E-state index is 0.0648. The summed E-state index contributed by atoms with van der Waals surface area (Å²) in [6.07, 6.45) is 2.97. The van der Waals surface area contributed by atoms with Gasteiger partial charge in [-0.2, -0.15) is 0 Å². The lowest BCUT2D eigenvalue weighted by Gasteiger charge is -2.30. The van der Waals surface area contributed by atoms with Crippen molar-refractivity contribution >= 4 is 17.5 Å². The summed E-state index contributed by atoms with van der Waals surface area (Å²) in [5.41, 5.74) is 0.154. The topological polar surface area (TPSA) is 33.2 Å². The van der Waals surface area contributed by atoms with Gasteiger partial charge in [0.1, 0.15) is 11.0 Å². The Morgan fingerprint density at radius 1 is 1.53 bits per heavy atom. The van der Waals surface area contributed by atoms with Gasteiger partial charge in [-0.3, -0.25) is 4.79 Å². The fourth-order valence-corrected chi connectivity index (χ4v) is 2.14. The van der Waals surface area contributed by atoms with Gasteiger partial charge in [0.15, 0.2) is 0 Å². The van der Waals surface area contributed by atoms with Crippen molar-refractivity contribution in [2.24, 2.45) is 5.92 Å². The van der Waals surface area contributed by atoms with Gasteiger partial charge in [-0.05, 0) is 24.8 Å². The average molecular weight is 257 g/mol. The molecule has 0 bridgehead atoms. The third-order valence-corrected chi connectivity index (χ3v) is 3.41. The monoisotopic (exact) mass is 256 g/mol. The molecule has 2 heterocycles. The predicted molar refractivity (Wildman–Crippen MR) is 63.5 cm³/mol. The molecule has 0 N–H and O–H groups in total. The van der Waals surface area contributed by atoms with Gasteiger partial charge in [0, 0.05) is 13.1 Å². The van der Waals surface area contributed by atoms with Crippen LogP contribution < -0.4 is 0 Å². The minimum atomic E-state index is -0.539. The van der Waals surface area contributed by atoms with Gasteiger partial charge in [0.25, 0.3) is 5.91 Å². The van der Waals surface area contributed by atoms with E-state index in [0.717, 1.165) is 25.1 Å². The number of rotatable bonds is 1. The zero-order valence-corrected chi connectivity index (χ0v) is 10.4. The molecule has 0 radical (unpaired) electrons. The first-order valence-electron chi connectivity index (χ1n) is 5.68. The SMILES string of the molecule is CC1CCN(C(=O)c2cc(F)cnc2Cl)CC1. The summed E-state index contributed by atoms with van der Waals surface area (Å²) in [6, 6.07) is 1.15.